The molecule has 0 saturated carbocycles. The van der Waals surface area contributed by atoms with Gasteiger partial charge < -0.3 is 5.11 Å². The van der Waals surface area contributed by atoms with Crippen LogP contribution in [0.15, 0.2) is 29.9 Å². The van der Waals surface area contributed by atoms with E-state index in [-0.39, 0.29) is 12.2 Å². The summed E-state index contributed by atoms with van der Waals surface area (Å²) in [7, 11) is 0. The SMILES string of the molecule is OC(Cc1cncs1)Cc1c(F)cccc1Cl. The third-order valence-corrected chi connectivity index (χ3v) is 3.58. The molecule has 1 aromatic carbocycles. The Bertz CT molecular complexity index is 469. The van der Waals surface area contributed by atoms with Crippen molar-refractivity contribution < 1.29 is 9.50 Å². The summed E-state index contributed by atoms with van der Waals surface area (Å²) in [4.78, 5) is 4.90. The summed E-state index contributed by atoms with van der Waals surface area (Å²) < 4.78 is 13.5. The number of nitrogens with zero attached hydrogens (tertiary/aromatic N) is 1. The van der Waals surface area contributed by atoms with Crippen molar-refractivity contribution >= 4 is 22.9 Å². The van der Waals surface area contributed by atoms with Gasteiger partial charge in [-0.2, -0.15) is 0 Å². The normalized spacial score (nSPS) is 12.6. The highest BCUT2D eigenvalue weighted by Gasteiger charge is 2.13. The standard InChI is InChI=1S/C12H11ClFNOS/c13-11-2-1-3-12(14)10(11)5-8(16)4-9-6-15-7-17-9/h1-3,6-8,16H,4-5H2. The van der Waals surface area contributed by atoms with E-state index in [0.29, 0.717) is 17.0 Å². The van der Waals surface area contributed by atoms with E-state index in [2.05, 4.69) is 4.98 Å². The summed E-state index contributed by atoms with van der Waals surface area (Å²) in [5.74, 6) is -0.374. The van der Waals surface area contributed by atoms with E-state index in [9.17, 15) is 9.50 Å². The van der Waals surface area contributed by atoms with Crippen LogP contribution in [0.25, 0.3) is 0 Å². The lowest BCUT2D eigenvalue weighted by Gasteiger charge is -2.11. The van der Waals surface area contributed by atoms with Crippen LogP contribution in [0, 0.1) is 5.82 Å². The lowest BCUT2D eigenvalue weighted by molar-refractivity contribution is 0.175. The highest BCUT2D eigenvalue weighted by molar-refractivity contribution is 7.09. The molecule has 1 unspecified atom stereocenters. The summed E-state index contributed by atoms with van der Waals surface area (Å²) in [6.45, 7) is 0. The number of hydrogen-bond donors (Lipinski definition) is 1. The van der Waals surface area contributed by atoms with Gasteiger partial charge in [0.1, 0.15) is 5.82 Å². The number of hydrogen-bond acceptors (Lipinski definition) is 3. The maximum absolute atomic E-state index is 13.5. The first-order chi connectivity index (χ1) is 8.16. The molecule has 17 heavy (non-hydrogen) atoms. The van der Waals surface area contributed by atoms with Gasteiger partial charge in [0.25, 0.3) is 0 Å². The first kappa shape index (κ1) is 12.5. The van der Waals surface area contributed by atoms with Gasteiger partial charge in [-0.3, -0.25) is 4.98 Å². The zero-order chi connectivity index (χ0) is 12.3. The van der Waals surface area contributed by atoms with Crippen molar-refractivity contribution in [2.45, 2.75) is 18.9 Å². The lowest BCUT2D eigenvalue weighted by Crippen LogP contribution is -2.14. The quantitative estimate of drug-likeness (QED) is 0.927. The minimum absolute atomic E-state index is 0.212. The van der Waals surface area contributed by atoms with Crippen LogP contribution in [0.4, 0.5) is 4.39 Å². The van der Waals surface area contributed by atoms with Crippen LogP contribution in [0.1, 0.15) is 10.4 Å². The van der Waals surface area contributed by atoms with Crippen molar-refractivity contribution in [3.63, 3.8) is 0 Å². The number of aliphatic hydroxyl groups is 1. The van der Waals surface area contributed by atoms with E-state index < -0.39 is 6.10 Å². The fourth-order valence-corrected chi connectivity index (χ4v) is 2.52. The topological polar surface area (TPSA) is 33.1 Å². The largest absolute Gasteiger partial charge is 0.392 e. The molecule has 2 nitrogen and oxygen atoms in total. The van der Waals surface area contributed by atoms with E-state index >= 15 is 0 Å². The number of thiazole rings is 1. The predicted octanol–water partition coefficient (Wildman–Crippen LogP) is 3.08. The molecule has 0 bridgehead atoms. The molecule has 0 fully saturated rings. The summed E-state index contributed by atoms with van der Waals surface area (Å²) >= 11 is 7.37. The van der Waals surface area contributed by atoms with Gasteiger partial charge >= 0.3 is 0 Å². The van der Waals surface area contributed by atoms with Crippen LogP contribution < -0.4 is 0 Å². The molecule has 0 aliphatic rings. The average molecular weight is 272 g/mol. The average Bonchev–Trinajstić information content (AvgIpc) is 2.76. The predicted molar refractivity (Wildman–Crippen MR) is 66.9 cm³/mol. The van der Waals surface area contributed by atoms with Crippen molar-refractivity contribution in [2.75, 3.05) is 0 Å². The molecular weight excluding hydrogens is 261 g/mol. The van der Waals surface area contributed by atoms with Crippen LogP contribution in [0.3, 0.4) is 0 Å². The molecular formula is C12H11ClFNOS. The maximum atomic E-state index is 13.5. The van der Waals surface area contributed by atoms with Gasteiger partial charge in [-0.25, -0.2) is 4.39 Å². The van der Waals surface area contributed by atoms with E-state index in [1.807, 2.05) is 0 Å². The summed E-state index contributed by atoms with van der Waals surface area (Å²) in [6.07, 6.45) is 1.74. The second-order valence-electron chi connectivity index (χ2n) is 3.73. The Balaban J connectivity index is 2.05. The van der Waals surface area contributed by atoms with Gasteiger partial charge in [0.2, 0.25) is 0 Å². The number of rotatable bonds is 4. The molecule has 90 valence electrons. The number of benzene rings is 1. The van der Waals surface area contributed by atoms with Crippen LogP contribution in [0.5, 0.6) is 0 Å². The minimum atomic E-state index is -0.648. The molecule has 2 aromatic rings. The van der Waals surface area contributed by atoms with Crippen molar-refractivity contribution in [3.05, 3.63) is 51.2 Å². The van der Waals surface area contributed by atoms with Gasteiger partial charge in [-0.15, -0.1) is 11.3 Å². The van der Waals surface area contributed by atoms with Crippen molar-refractivity contribution in [1.82, 2.24) is 4.98 Å². The van der Waals surface area contributed by atoms with E-state index in [0.717, 1.165) is 4.88 Å². The first-order valence-corrected chi connectivity index (χ1v) is 6.41. The van der Waals surface area contributed by atoms with Gasteiger partial charge in [-0.1, -0.05) is 17.7 Å². The number of aliphatic hydroxyl groups excluding tert-OH is 1. The highest BCUT2D eigenvalue weighted by atomic mass is 35.5. The molecule has 0 radical (unpaired) electrons. The molecule has 0 spiro atoms. The zero-order valence-electron chi connectivity index (χ0n) is 8.94. The van der Waals surface area contributed by atoms with E-state index in [1.165, 1.54) is 17.4 Å². The van der Waals surface area contributed by atoms with E-state index in [4.69, 9.17) is 11.6 Å². The van der Waals surface area contributed by atoms with Gasteiger partial charge in [-0.05, 0) is 12.1 Å². The molecule has 1 atom stereocenters. The Morgan fingerprint density at radius 2 is 2.24 bits per heavy atom. The number of halogens is 2. The van der Waals surface area contributed by atoms with Crippen molar-refractivity contribution in [3.8, 4) is 0 Å². The summed E-state index contributed by atoms with van der Waals surface area (Å²) in [5, 5.41) is 10.2. The Hall–Kier alpha value is -0.970. The van der Waals surface area contributed by atoms with Crippen molar-refractivity contribution in [2.24, 2.45) is 0 Å². The Morgan fingerprint density at radius 3 is 2.88 bits per heavy atom. The Kier molecular flexibility index (Phi) is 4.10. The summed E-state index contributed by atoms with van der Waals surface area (Å²) in [5.41, 5.74) is 2.07. The second-order valence-corrected chi connectivity index (χ2v) is 5.11. The van der Waals surface area contributed by atoms with E-state index in [1.54, 1.807) is 23.8 Å². The van der Waals surface area contributed by atoms with Crippen LogP contribution in [0.2, 0.25) is 5.02 Å². The smallest absolute Gasteiger partial charge is 0.127 e. The Morgan fingerprint density at radius 1 is 1.41 bits per heavy atom. The molecule has 0 saturated heterocycles. The fourth-order valence-electron chi connectivity index (χ4n) is 1.61. The third-order valence-electron chi connectivity index (χ3n) is 2.42. The molecule has 0 aliphatic heterocycles. The molecule has 1 N–H and O–H groups in total. The van der Waals surface area contributed by atoms with Gasteiger partial charge in [0.05, 0.1) is 11.6 Å². The first-order valence-electron chi connectivity index (χ1n) is 5.15. The molecule has 2 rings (SSSR count). The van der Waals surface area contributed by atoms with Gasteiger partial charge in [0.15, 0.2) is 0 Å². The molecule has 0 amide bonds. The fraction of sp³-hybridized carbons (Fsp3) is 0.250. The number of aromatic nitrogens is 1. The Labute approximate surface area is 108 Å². The highest BCUT2D eigenvalue weighted by Crippen LogP contribution is 2.21. The minimum Gasteiger partial charge on any atom is -0.392 e. The van der Waals surface area contributed by atoms with Gasteiger partial charge in [0, 0.05) is 34.5 Å². The lowest BCUT2D eigenvalue weighted by atomic mass is 10.0. The van der Waals surface area contributed by atoms with Crippen LogP contribution in [-0.4, -0.2) is 16.2 Å². The second kappa shape index (κ2) is 5.58. The maximum Gasteiger partial charge on any atom is 0.127 e. The monoisotopic (exact) mass is 271 g/mol. The van der Waals surface area contributed by atoms with Crippen LogP contribution >= 0.6 is 22.9 Å². The van der Waals surface area contributed by atoms with Crippen LogP contribution in [-0.2, 0) is 12.8 Å². The molecule has 0 aliphatic carbocycles. The molecule has 1 aromatic heterocycles. The summed E-state index contributed by atoms with van der Waals surface area (Å²) in [6, 6.07) is 4.52. The third kappa shape index (κ3) is 3.25. The molecule has 5 heteroatoms. The van der Waals surface area contributed by atoms with Crippen molar-refractivity contribution in [1.29, 1.82) is 0 Å². The zero-order valence-corrected chi connectivity index (χ0v) is 10.5. The molecule has 1 heterocycles.